The molecule has 2 aromatic rings. The summed E-state index contributed by atoms with van der Waals surface area (Å²) in [6.07, 6.45) is -0.129. The number of rotatable bonds is 6. The molecule has 0 radical (unpaired) electrons. The van der Waals surface area contributed by atoms with E-state index < -0.39 is 0 Å². The van der Waals surface area contributed by atoms with Gasteiger partial charge >= 0.3 is 0 Å². The van der Waals surface area contributed by atoms with Crippen molar-refractivity contribution in [2.45, 2.75) is 12.6 Å². The number of benzene rings is 2. The Hall–Kier alpha value is -1.67. The fraction of sp³-hybridized carbons (Fsp3) is 0.435. The van der Waals surface area contributed by atoms with Gasteiger partial charge in [-0.1, -0.05) is 41.4 Å². The van der Waals surface area contributed by atoms with Gasteiger partial charge in [-0.25, -0.2) is 0 Å². The van der Waals surface area contributed by atoms with Gasteiger partial charge < -0.3 is 14.8 Å². The van der Waals surface area contributed by atoms with E-state index in [0.717, 1.165) is 44.1 Å². The highest BCUT2D eigenvalue weighted by Gasteiger charge is 2.24. The van der Waals surface area contributed by atoms with Gasteiger partial charge in [0.05, 0.1) is 42.5 Å². The third kappa shape index (κ3) is 6.42. The van der Waals surface area contributed by atoms with Crippen LogP contribution in [0.3, 0.4) is 0 Å². The number of carbonyl (C=O) groups is 1. The van der Waals surface area contributed by atoms with Crippen LogP contribution < -0.4 is 5.32 Å². The Morgan fingerprint density at radius 1 is 0.968 bits per heavy atom. The molecule has 0 aliphatic carbocycles. The highest BCUT2D eigenvalue weighted by molar-refractivity contribution is 6.42. The first-order chi connectivity index (χ1) is 15.1. The summed E-state index contributed by atoms with van der Waals surface area (Å²) >= 11 is 12.1. The fourth-order valence-corrected chi connectivity index (χ4v) is 4.18. The number of nitrogens with one attached hydrogen (secondary N) is 1. The van der Waals surface area contributed by atoms with Gasteiger partial charge in [0.2, 0.25) is 5.91 Å². The number of halogens is 2. The first kappa shape index (κ1) is 22.5. The maximum Gasteiger partial charge on any atom is 0.238 e. The first-order valence-electron chi connectivity index (χ1n) is 10.5. The van der Waals surface area contributed by atoms with Crippen LogP contribution in [0.5, 0.6) is 0 Å². The molecule has 1 atom stereocenters. The SMILES string of the molecule is O=C(CN1CCOC(c2ccc(Cl)c(Cl)c2)C1)Nc1ccc(CN2CCOCC2)cc1. The Morgan fingerprint density at radius 3 is 2.45 bits per heavy atom. The van der Waals surface area contributed by atoms with Crippen LogP contribution >= 0.6 is 23.2 Å². The topological polar surface area (TPSA) is 54.0 Å². The third-order valence-corrected chi connectivity index (χ3v) is 6.32. The molecule has 166 valence electrons. The second kappa shape index (κ2) is 10.8. The standard InChI is InChI=1S/C23H27Cl2N3O3/c24-20-6-3-18(13-21(20)25)22-15-28(9-12-31-22)16-23(29)26-19-4-1-17(2-5-19)14-27-7-10-30-11-8-27/h1-6,13,22H,7-12,14-16H2,(H,26,29). The molecule has 2 fully saturated rings. The molecule has 8 heteroatoms. The van der Waals surface area contributed by atoms with E-state index in [1.165, 1.54) is 5.56 Å². The van der Waals surface area contributed by atoms with Crippen LogP contribution in [-0.4, -0.2) is 68.3 Å². The molecule has 31 heavy (non-hydrogen) atoms. The van der Waals surface area contributed by atoms with Crippen molar-refractivity contribution in [3.05, 3.63) is 63.6 Å². The molecule has 6 nitrogen and oxygen atoms in total. The molecule has 0 saturated carbocycles. The summed E-state index contributed by atoms with van der Waals surface area (Å²) in [5.41, 5.74) is 3.01. The number of hydrogen-bond acceptors (Lipinski definition) is 5. The Bertz CT molecular complexity index is 888. The molecule has 2 saturated heterocycles. The predicted molar refractivity (Wildman–Crippen MR) is 123 cm³/mol. The monoisotopic (exact) mass is 463 g/mol. The Morgan fingerprint density at radius 2 is 1.71 bits per heavy atom. The van der Waals surface area contributed by atoms with E-state index in [9.17, 15) is 4.79 Å². The minimum atomic E-state index is -0.129. The number of carbonyl (C=O) groups excluding carboxylic acids is 1. The third-order valence-electron chi connectivity index (χ3n) is 5.58. The van der Waals surface area contributed by atoms with E-state index in [-0.39, 0.29) is 12.0 Å². The van der Waals surface area contributed by atoms with Crippen LogP contribution in [0, 0.1) is 0 Å². The normalized spacial score (nSPS) is 20.5. The number of amides is 1. The van der Waals surface area contributed by atoms with Crippen LogP contribution in [0.25, 0.3) is 0 Å². The van der Waals surface area contributed by atoms with Crippen LogP contribution in [0.4, 0.5) is 5.69 Å². The molecular weight excluding hydrogens is 437 g/mol. The van der Waals surface area contributed by atoms with Crippen molar-refractivity contribution < 1.29 is 14.3 Å². The lowest BCUT2D eigenvalue weighted by molar-refractivity contribution is -0.119. The van der Waals surface area contributed by atoms with Crippen molar-refractivity contribution in [3.8, 4) is 0 Å². The van der Waals surface area contributed by atoms with Gasteiger partial charge in [-0.3, -0.25) is 14.6 Å². The summed E-state index contributed by atoms with van der Waals surface area (Å²) in [6, 6.07) is 13.6. The lowest BCUT2D eigenvalue weighted by atomic mass is 10.1. The largest absolute Gasteiger partial charge is 0.379 e. The van der Waals surface area contributed by atoms with Crippen molar-refractivity contribution in [1.29, 1.82) is 0 Å². The zero-order chi connectivity index (χ0) is 21.6. The van der Waals surface area contributed by atoms with E-state index in [1.807, 2.05) is 24.3 Å². The maximum absolute atomic E-state index is 12.6. The Labute approximate surface area is 193 Å². The second-order valence-corrected chi connectivity index (χ2v) is 8.72. The van der Waals surface area contributed by atoms with Gasteiger partial charge in [0.15, 0.2) is 0 Å². The highest BCUT2D eigenvalue weighted by atomic mass is 35.5. The summed E-state index contributed by atoms with van der Waals surface area (Å²) < 4.78 is 11.3. The molecule has 4 rings (SSSR count). The van der Waals surface area contributed by atoms with Crippen LogP contribution in [-0.2, 0) is 20.8 Å². The Balaban J connectivity index is 1.27. The van der Waals surface area contributed by atoms with E-state index in [1.54, 1.807) is 6.07 Å². The van der Waals surface area contributed by atoms with Crippen molar-refractivity contribution in [2.24, 2.45) is 0 Å². The molecule has 2 heterocycles. The molecule has 2 aliphatic rings. The van der Waals surface area contributed by atoms with Crippen molar-refractivity contribution in [3.63, 3.8) is 0 Å². The van der Waals surface area contributed by atoms with Gasteiger partial charge in [-0.15, -0.1) is 0 Å². The molecular formula is C23H27Cl2N3O3. The lowest BCUT2D eigenvalue weighted by Crippen LogP contribution is -2.42. The summed E-state index contributed by atoms with van der Waals surface area (Å²) in [5.74, 6) is -0.0317. The lowest BCUT2D eigenvalue weighted by Gasteiger charge is -2.32. The number of anilines is 1. The van der Waals surface area contributed by atoms with Gasteiger partial charge in [-0.05, 0) is 35.4 Å². The molecule has 1 N–H and O–H groups in total. The number of morpholine rings is 2. The maximum atomic E-state index is 12.6. The van der Waals surface area contributed by atoms with Crippen molar-refractivity contribution >= 4 is 34.8 Å². The van der Waals surface area contributed by atoms with E-state index in [2.05, 4.69) is 27.2 Å². The van der Waals surface area contributed by atoms with Gasteiger partial charge in [0.1, 0.15) is 0 Å². The van der Waals surface area contributed by atoms with E-state index in [0.29, 0.717) is 36.3 Å². The number of nitrogens with zero attached hydrogens (tertiary/aromatic N) is 2. The Kier molecular flexibility index (Phi) is 7.82. The van der Waals surface area contributed by atoms with Crippen LogP contribution in [0.2, 0.25) is 10.0 Å². The van der Waals surface area contributed by atoms with E-state index in [4.69, 9.17) is 32.7 Å². The molecule has 0 aromatic heterocycles. The highest BCUT2D eigenvalue weighted by Crippen LogP contribution is 2.29. The fourth-order valence-electron chi connectivity index (χ4n) is 3.88. The predicted octanol–water partition coefficient (Wildman–Crippen LogP) is 3.84. The van der Waals surface area contributed by atoms with Gasteiger partial charge in [-0.2, -0.15) is 0 Å². The van der Waals surface area contributed by atoms with Gasteiger partial charge in [0.25, 0.3) is 0 Å². The molecule has 0 spiro atoms. The first-order valence-corrected chi connectivity index (χ1v) is 11.3. The number of hydrogen-bond donors (Lipinski definition) is 1. The molecule has 1 unspecified atom stereocenters. The average molecular weight is 464 g/mol. The van der Waals surface area contributed by atoms with Crippen LogP contribution in [0.15, 0.2) is 42.5 Å². The number of ether oxygens (including phenoxy) is 2. The molecule has 2 aromatic carbocycles. The van der Waals surface area contributed by atoms with Crippen molar-refractivity contribution in [1.82, 2.24) is 9.80 Å². The average Bonchev–Trinajstić information content (AvgIpc) is 2.78. The molecule has 1 amide bonds. The summed E-state index contributed by atoms with van der Waals surface area (Å²) in [5, 5.41) is 4.03. The zero-order valence-electron chi connectivity index (χ0n) is 17.4. The molecule has 2 aliphatic heterocycles. The van der Waals surface area contributed by atoms with E-state index >= 15 is 0 Å². The quantitative estimate of drug-likeness (QED) is 0.704. The van der Waals surface area contributed by atoms with Crippen LogP contribution in [0.1, 0.15) is 17.2 Å². The summed E-state index contributed by atoms with van der Waals surface area (Å²) in [7, 11) is 0. The van der Waals surface area contributed by atoms with Crippen molar-refractivity contribution in [2.75, 3.05) is 57.9 Å². The van der Waals surface area contributed by atoms with Gasteiger partial charge in [0, 0.05) is 38.4 Å². The second-order valence-electron chi connectivity index (χ2n) is 7.90. The zero-order valence-corrected chi connectivity index (χ0v) is 18.9. The molecule has 0 bridgehead atoms. The minimum Gasteiger partial charge on any atom is -0.379 e. The smallest absolute Gasteiger partial charge is 0.238 e. The minimum absolute atomic E-state index is 0.0317. The summed E-state index contributed by atoms with van der Waals surface area (Å²) in [6.45, 7) is 6.63. The summed E-state index contributed by atoms with van der Waals surface area (Å²) in [4.78, 5) is 17.0.